The van der Waals surface area contributed by atoms with Crippen molar-refractivity contribution in [3.05, 3.63) is 71.6 Å². The smallest absolute Gasteiger partial charge is 0.253 e. The molecule has 2 aromatic heterocycles. The van der Waals surface area contributed by atoms with Crippen molar-refractivity contribution >= 4 is 5.91 Å². The number of aromatic nitrogens is 3. The molecule has 0 aliphatic carbocycles. The van der Waals surface area contributed by atoms with E-state index in [0.29, 0.717) is 28.6 Å². The Labute approximate surface area is 158 Å². The fourth-order valence-corrected chi connectivity index (χ4v) is 3.01. The molecule has 0 saturated heterocycles. The molecule has 140 valence electrons. The lowest BCUT2D eigenvalue weighted by Gasteiger charge is -2.22. The van der Waals surface area contributed by atoms with E-state index in [-0.39, 0.29) is 5.91 Å². The topological polar surface area (TPSA) is 78.3 Å². The summed E-state index contributed by atoms with van der Waals surface area (Å²) < 4.78 is 12.8. The second-order valence-electron chi connectivity index (χ2n) is 6.02. The van der Waals surface area contributed by atoms with E-state index >= 15 is 0 Å². The first-order chi connectivity index (χ1) is 13.1. The van der Waals surface area contributed by atoms with E-state index in [1.165, 1.54) is 0 Å². The molecule has 1 aromatic carbocycles. The third-order valence-corrected chi connectivity index (χ3v) is 4.39. The van der Waals surface area contributed by atoms with Crippen LogP contribution in [0.1, 0.15) is 33.5 Å². The van der Waals surface area contributed by atoms with Crippen LogP contribution in [0.2, 0.25) is 0 Å². The highest BCUT2D eigenvalue weighted by atomic mass is 16.5. The highest BCUT2D eigenvalue weighted by Crippen LogP contribution is 2.36. The van der Waals surface area contributed by atoms with Crippen molar-refractivity contribution in [3.63, 3.8) is 0 Å². The molecule has 7 heteroatoms. The van der Waals surface area contributed by atoms with Gasteiger partial charge in [-0.1, -0.05) is 12.1 Å². The van der Waals surface area contributed by atoms with Gasteiger partial charge in [0.25, 0.3) is 5.91 Å². The first kappa shape index (κ1) is 18.4. The molecule has 0 saturated carbocycles. The minimum Gasteiger partial charge on any atom is -0.493 e. The summed E-state index contributed by atoms with van der Waals surface area (Å²) in [5.74, 6) is 1.58. The summed E-state index contributed by atoms with van der Waals surface area (Å²) in [6.07, 6.45) is 5.18. The van der Waals surface area contributed by atoms with Crippen molar-refractivity contribution in [3.8, 4) is 11.5 Å². The summed E-state index contributed by atoms with van der Waals surface area (Å²) in [7, 11) is 5.03. The number of carbonyl (C=O) groups is 1. The Morgan fingerprint density at radius 3 is 2.56 bits per heavy atom. The Bertz CT molecular complexity index is 952. The average Bonchev–Trinajstić information content (AvgIpc) is 3.11. The van der Waals surface area contributed by atoms with Crippen LogP contribution >= 0.6 is 0 Å². The van der Waals surface area contributed by atoms with Crippen LogP contribution in [0.4, 0.5) is 0 Å². The molecule has 7 nitrogen and oxygen atoms in total. The zero-order chi connectivity index (χ0) is 19.4. The van der Waals surface area contributed by atoms with Crippen molar-refractivity contribution in [2.75, 3.05) is 14.2 Å². The zero-order valence-electron chi connectivity index (χ0n) is 15.8. The zero-order valence-corrected chi connectivity index (χ0v) is 15.8. The Kier molecular flexibility index (Phi) is 5.40. The predicted molar refractivity (Wildman–Crippen MR) is 101 cm³/mol. The highest BCUT2D eigenvalue weighted by molar-refractivity contribution is 5.95. The molecule has 3 rings (SSSR count). The second kappa shape index (κ2) is 7.90. The lowest BCUT2D eigenvalue weighted by Crippen LogP contribution is -2.32. The van der Waals surface area contributed by atoms with Crippen LogP contribution in [0, 0.1) is 6.92 Å². The lowest BCUT2D eigenvalue weighted by molar-refractivity contribution is 0.0939. The number of carbonyl (C=O) groups excluding carboxylic acids is 1. The molecule has 2 heterocycles. The van der Waals surface area contributed by atoms with E-state index in [9.17, 15) is 4.79 Å². The van der Waals surface area contributed by atoms with Crippen molar-refractivity contribution in [2.24, 2.45) is 7.05 Å². The van der Waals surface area contributed by atoms with Crippen molar-refractivity contribution in [1.29, 1.82) is 0 Å². The number of benzene rings is 1. The summed E-state index contributed by atoms with van der Waals surface area (Å²) >= 11 is 0. The second-order valence-corrected chi connectivity index (χ2v) is 6.02. The molecular formula is C20H22N4O3. The van der Waals surface area contributed by atoms with Crippen LogP contribution in [0.3, 0.4) is 0 Å². The van der Waals surface area contributed by atoms with Crippen LogP contribution in [0.15, 0.2) is 48.9 Å². The number of amides is 1. The molecular weight excluding hydrogens is 344 g/mol. The Balaban J connectivity index is 2.08. The van der Waals surface area contributed by atoms with Crippen LogP contribution in [0.25, 0.3) is 0 Å². The highest BCUT2D eigenvalue weighted by Gasteiger charge is 2.26. The van der Waals surface area contributed by atoms with Gasteiger partial charge in [-0.05, 0) is 25.1 Å². The summed E-state index contributed by atoms with van der Waals surface area (Å²) in [5, 5.41) is 3.06. The molecule has 27 heavy (non-hydrogen) atoms. The first-order valence-corrected chi connectivity index (χ1v) is 8.47. The lowest BCUT2D eigenvalue weighted by atomic mass is 10.0. The van der Waals surface area contributed by atoms with Gasteiger partial charge in [0.05, 0.1) is 19.8 Å². The van der Waals surface area contributed by atoms with Crippen LogP contribution in [-0.2, 0) is 7.05 Å². The Morgan fingerprint density at radius 1 is 1.11 bits per heavy atom. The van der Waals surface area contributed by atoms with Gasteiger partial charge in [0.1, 0.15) is 11.9 Å². The number of hydrogen-bond donors (Lipinski definition) is 1. The van der Waals surface area contributed by atoms with E-state index in [4.69, 9.17) is 9.47 Å². The van der Waals surface area contributed by atoms with Crippen LogP contribution in [0.5, 0.6) is 11.5 Å². The minimum absolute atomic E-state index is 0.238. The quantitative estimate of drug-likeness (QED) is 0.726. The number of rotatable bonds is 6. The average molecular weight is 366 g/mol. The number of nitrogens with zero attached hydrogens (tertiary/aromatic N) is 3. The van der Waals surface area contributed by atoms with E-state index < -0.39 is 6.04 Å². The number of ether oxygens (including phenoxy) is 2. The third-order valence-electron chi connectivity index (χ3n) is 4.39. The molecule has 1 atom stereocenters. The number of aryl methyl sites for hydroxylation is 2. The van der Waals surface area contributed by atoms with E-state index in [2.05, 4.69) is 15.3 Å². The molecule has 0 spiro atoms. The van der Waals surface area contributed by atoms with Gasteiger partial charge in [-0.2, -0.15) is 0 Å². The Morgan fingerprint density at radius 2 is 1.93 bits per heavy atom. The molecule has 0 unspecified atom stereocenters. The SMILES string of the molecule is COc1cccc([C@@H](NC(=O)c2cccnc2C)c2nccn2C)c1OC. The molecule has 0 bridgehead atoms. The number of methoxy groups -OCH3 is 2. The van der Waals surface area contributed by atoms with Crippen LogP contribution < -0.4 is 14.8 Å². The van der Waals surface area contributed by atoms with Gasteiger partial charge in [0.2, 0.25) is 0 Å². The maximum Gasteiger partial charge on any atom is 0.253 e. The molecule has 3 aromatic rings. The maximum absolute atomic E-state index is 12.9. The molecule has 0 aliphatic heterocycles. The minimum atomic E-state index is -0.526. The Hall–Kier alpha value is -3.35. The van der Waals surface area contributed by atoms with Gasteiger partial charge in [-0.3, -0.25) is 9.78 Å². The third kappa shape index (κ3) is 3.62. The van der Waals surface area contributed by atoms with Crippen LogP contribution in [-0.4, -0.2) is 34.7 Å². The van der Waals surface area contributed by atoms with Crippen molar-refractivity contribution in [1.82, 2.24) is 19.9 Å². The number of nitrogens with one attached hydrogen (secondary N) is 1. The largest absolute Gasteiger partial charge is 0.493 e. The predicted octanol–water partition coefficient (Wildman–Crippen LogP) is 2.66. The number of hydrogen-bond acceptors (Lipinski definition) is 5. The molecule has 0 aliphatic rings. The summed E-state index contributed by atoms with van der Waals surface area (Å²) in [6.45, 7) is 1.80. The van der Waals surface area contributed by atoms with Crippen molar-refractivity contribution in [2.45, 2.75) is 13.0 Å². The number of para-hydroxylation sites is 1. The van der Waals surface area contributed by atoms with E-state index in [1.807, 2.05) is 36.0 Å². The summed E-state index contributed by atoms with van der Waals surface area (Å²) in [6, 6.07) is 8.51. The molecule has 1 amide bonds. The number of imidazole rings is 1. The van der Waals surface area contributed by atoms with Crippen molar-refractivity contribution < 1.29 is 14.3 Å². The molecule has 0 fully saturated rings. The fraction of sp³-hybridized carbons (Fsp3) is 0.250. The van der Waals surface area contributed by atoms with Gasteiger partial charge >= 0.3 is 0 Å². The standard InChI is InChI=1S/C20H22N4O3/c1-13-14(8-6-10-21-13)20(25)23-17(19-22-11-12-24(19)2)15-7-5-9-16(26-3)18(15)27-4/h5-12,17H,1-4H3,(H,23,25)/t17-/m1/s1. The van der Waals surface area contributed by atoms with E-state index in [1.54, 1.807) is 45.7 Å². The normalized spacial score (nSPS) is 11.7. The fourth-order valence-electron chi connectivity index (χ4n) is 3.01. The maximum atomic E-state index is 12.9. The van der Waals surface area contributed by atoms with Gasteiger partial charge in [0, 0.05) is 36.9 Å². The monoisotopic (exact) mass is 366 g/mol. The van der Waals surface area contributed by atoms with Gasteiger partial charge < -0.3 is 19.4 Å². The van der Waals surface area contributed by atoms with Gasteiger partial charge in [0.15, 0.2) is 11.5 Å². The first-order valence-electron chi connectivity index (χ1n) is 8.47. The van der Waals surface area contributed by atoms with Gasteiger partial charge in [-0.25, -0.2) is 4.98 Å². The van der Waals surface area contributed by atoms with Gasteiger partial charge in [-0.15, -0.1) is 0 Å². The summed E-state index contributed by atoms with van der Waals surface area (Å²) in [5.41, 5.74) is 1.92. The number of pyridine rings is 1. The molecule has 1 N–H and O–H groups in total. The summed E-state index contributed by atoms with van der Waals surface area (Å²) in [4.78, 5) is 21.6. The molecule has 0 radical (unpaired) electrons. The van der Waals surface area contributed by atoms with E-state index in [0.717, 1.165) is 5.56 Å².